The van der Waals surface area contributed by atoms with E-state index in [4.69, 9.17) is 9.73 Å². The molecule has 1 saturated heterocycles. The van der Waals surface area contributed by atoms with E-state index >= 15 is 0 Å². The lowest BCUT2D eigenvalue weighted by Gasteiger charge is -2.27. The number of hydrogen-bond donors (Lipinski definition) is 2. The number of nitrogens with zero attached hydrogens (tertiary/aromatic N) is 2. The highest BCUT2D eigenvalue weighted by molar-refractivity contribution is 5.79. The monoisotopic (exact) mass is 311 g/mol. The van der Waals surface area contributed by atoms with Crippen LogP contribution in [0.5, 0.6) is 0 Å². The van der Waals surface area contributed by atoms with Crippen molar-refractivity contribution in [1.29, 1.82) is 0 Å². The fraction of sp³-hybridized carbons (Fsp3) is 0.941. The van der Waals surface area contributed by atoms with Crippen molar-refractivity contribution in [3.8, 4) is 0 Å². The minimum absolute atomic E-state index is 0.154. The first kappa shape index (κ1) is 17.5. The summed E-state index contributed by atoms with van der Waals surface area (Å²) in [6, 6.07) is 0. The van der Waals surface area contributed by atoms with Crippen molar-refractivity contribution in [2.24, 2.45) is 16.8 Å². The number of aliphatic hydroxyl groups is 1. The summed E-state index contributed by atoms with van der Waals surface area (Å²) in [5, 5.41) is 13.3. The molecule has 2 aliphatic rings. The van der Waals surface area contributed by atoms with Crippen LogP contribution in [0.15, 0.2) is 4.99 Å². The summed E-state index contributed by atoms with van der Waals surface area (Å²) < 4.78 is 5.42. The van der Waals surface area contributed by atoms with Crippen LogP contribution < -0.4 is 5.32 Å². The molecule has 2 rings (SSSR count). The molecule has 0 spiro atoms. The Hall–Kier alpha value is -0.810. The van der Waals surface area contributed by atoms with Crippen molar-refractivity contribution in [2.45, 2.75) is 51.6 Å². The number of guanidine groups is 1. The average molecular weight is 311 g/mol. The van der Waals surface area contributed by atoms with Crippen molar-refractivity contribution in [3.05, 3.63) is 0 Å². The van der Waals surface area contributed by atoms with Crippen LogP contribution in [0.25, 0.3) is 0 Å². The summed E-state index contributed by atoms with van der Waals surface area (Å²) in [4.78, 5) is 6.99. The van der Waals surface area contributed by atoms with Crippen molar-refractivity contribution < 1.29 is 9.84 Å². The van der Waals surface area contributed by atoms with Gasteiger partial charge in [-0.05, 0) is 44.9 Å². The van der Waals surface area contributed by atoms with E-state index in [2.05, 4.69) is 24.2 Å². The summed E-state index contributed by atoms with van der Waals surface area (Å²) in [7, 11) is 2.12. The average Bonchev–Trinajstić information content (AvgIpc) is 2.95. The fourth-order valence-electron chi connectivity index (χ4n) is 3.42. The molecule has 0 aromatic rings. The van der Waals surface area contributed by atoms with Gasteiger partial charge in [-0.3, -0.25) is 4.99 Å². The summed E-state index contributed by atoms with van der Waals surface area (Å²) in [6.45, 7) is 6.60. The Morgan fingerprint density at radius 3 is 2.68 bits per heavy atom. The summed E-state index contributed by atoms with van der Waals surface area (Å²) >= 11 is 0. The normalized spacial score (nSPS) is 27.1. The highest BCUT2D eigenvalue weighted by atomic mass is 16.5. The number of nitrogens with one attached hydrogen (secondary N) is 1. The Balaban J connectivity index is 1.79. The molecule has 1 aliphatic heterocycles. The van der Waals surface area contributed by atoms with Gasteiger partial charge >= 0.3 is 0 Å². The third-order valence-corrected chi connectivity index (χ3v) is 5.00. The second kappa shape index (κ2) is 9.36. The van der Waals surface area contributed by atoms with Gasteiger partial charge in [0, 0.05) is 45.8 Å². The zero-order valence-electron chi connectivity index (χ0n) is 14.3. The quantitative estimate of drug-likeness (QED) is 0.581. The van der Waals surface area contributed by atoms with Crippen LogP contribution in [0.4, 0.5) is 0 Å². The number of aliphatic hydroxyl groups excluding tert-OH is 1. The maximum atomic E-state index is 9.93. The molecule has 5 nitrogen and oxygen atoms in total. The summed E-state index contributed by atoms with van der Waals surface area (Å²) in [5.41, 5.74) is 0. The lowest BCUT2D eigenvalue weighted by molar-refractivity contribution is 0.0625. The van der Waals surface area contributed by atoms with E-state index in [9.17, 15) is 5.11 Å². The molecule has 1 heterocycles. The zero-order valence-corrected chi connectivity index (χ0v) is 14.3. The van der Waals surface area contributed by atoms with Gasteiger partial charge in [-0.25, -0.2) is 0 Å². The van der Waals surface area contributed by atoms with Crippen molar-refractivity contribution in [2.75, 3.05) is 39.9 Å². The van der Waals surface area contributed by atoms with Crippen LogP contribution in [-0.4, -0.2) is 62.0 Å². The summed E-state index contributed by atoms with van der Waals surface area (Å²) in [5.74, 6) is 2.11. The first-order valence-electron chi connectivity index (χ1n) is 8.96. The Morgan fingerprint density at radius 1 is 1.27 bits per heavy atom. The van der Waals surface area contributed by atoms with Gasteiger partial charge < -0.3 is 20.1 Å². The molecule has 0 unspecified atom stereocenters. The van der Waals surface area contributed by atoms with Crippen LogP contribution in [0, 0.1) is 11.8 Å². The van der Waals surface area contributed by atoms with Gasteiger partial charge in [-0.1, -0.05) is 6.42 Å². The zero-order chi connectivity index (χ0) is 15.8. The van der Waals surface area contributed by atoms with Gasteiger partial charge in [0.05, 0.1) is 6.10 Å². The maximum Gasteiger partial charge on any atom is 0.193 e. The van der Waals surface area contributed by atoms with Crippen LogP contribution in [0.2, 0.25) is 0 Å². The molecule has 1 saturated carbocycles. The highest BCUT2D eigenvalue weighted by Crippen LogP contribution is 2.25. The number of aliphatic imine (C=N–C) groups is 1. The maximum absolute atomic E-state index is 9.93. The molecule has 22 heavy (non-hydrogen) atoms. The van der Waals surface area contributed by atoms with Gasteiger partial charge in [0.25, 0.3) is 0 Å². The van der Waals surface area contributed by atoms with E-state index in [-0.39, 0.29) is 6.10 Å². The van der Waals surface area contributed by atoms with E-state index in [1.807, 2.05) is 0 Å². The number of hydrogen-bond acceptors (Lipinski definition) is 3. The minimum atomic E-state index is -0.154. The van der Waals surface area contributed by atoms with Crippen LogP contribution in [-0.2, 0) is 4.74 Å². The number of rotatable bonds is 6. The largest absolute Gasteiger partial charge is 0.393 e. The van der Waals surface area contributed by atoms with Gasteiger partial charge in [0.1, 0.15) is 0 Å². The van der Waals surface area contributed by atoms with Crippen LogP contribution in [0.3, 0.4) is 0 Å². The van der Waals surface area contributed by atoms with Gasteiger partial charge in [0.2, 0.25) is 0 Å². The molecular weight excluding hydrogens is 278 g/mol. The summed E-state index contributed by atoms with van der Waals surface area (Å²) in [6.07, 6.45) is 6.62. The standard InChI is InChI=1S/C17H33N3O2/c1-3-18-17(19-13-15-5-4-6-16(15)21)20(2)10-7-14-8-11-22-12-9-14/h14-16,21H,3-13H2,1-2H3,(H,18,19)/t15-,16+/m1/s1. The Bertz CT molecular complexity index is 343. The van der Waals surface area contributed by atoms with E-state index in [0.29, 0.717) is 5.92 Å². The molecule has 5 heteroatoms. The SMILES string of the molecule is CCNC(=NC[C@H]1CCC[C@@H]1O)N(C)CCC1CCOCC1. The highest BCUT2D eigenvalue weighted by Gasteiger charge is 2.25. The van der Waals surface area contributed by atoms with E-state index in [1.54, 1.807) is 0 Å². The molecule has 2 atom stereocenters. The Kier molecular flexibility index (Phi) is 7.46. The first-order chi connectivity index (χ1) is 10.7. The van der Waals surface area contributed by atoms with Gasteiger partial charge in [0.15, 0.2) is 5.96 Å². The lowest BCUT2D eigenvalue weighted by Crippen LogP contribution is -2.40. The topological polar surface area (TPSA) is 57.1 Å². The molecule has 2 N–H and O–H groups in total. The first-order valence-corrected chi connectivity index (χ1v) is 8.96. The third-order valence-electron chi connectivity index (χ3n) is 5.00. The molecule has 0 amide bonds. The molecule has 0 radical (unpaired) electrons. The second-order valence-corrected chi connectivity index (χ2v) is 6.72. The van der Waals surface area contributed by atoms with Crippen molar-refractivity contribution in [1.82, 2.24) is 10.2 Å². The van der Waals surface area contributed by atoms with Crippen molar-refractivity contribution >= 4 is 5.96 Å². The Labute approximate surface area is 135 Å². The molecule has 128 valence electrons. The van der Waals surface area contributed by atoms with Gasteiger partial charge in [-0.15, -0.1) is 0 Å². The van der Waals surface area contributed by atoms with Crippen LogP contribution in [0.1, 0.15) is 45.4 Å². The van der Waals surface area contributed by atoms with Gasteiger partial charge in [-0.2, -0.15) is 0 Å². The van der Waals surface area contributed by atoms with Crippen molar-refractivity contribution in [3.63, 3.8) is 0 Å². The minimum Gasteiger partial charge on any atom is -0.393 e. The predicted octanol–water partition coefficient (Wildman–Crippen LogP) is 1.86. The van der Waals surface area contributed by atoms with E-state index in [1.165, 1.54) is 19.3 Å². The molecule has 0 aromatic carbocycles. The smallest absolute Gasteiger partial charge is 0.193 e. The van der Waals surface area contributed by atoms with Crippen LogP contribution >= 0.6 is 0 Å². The van der Waals surface area contributed by atoms with E-state index in [0.717, 1.165) is 64.0 Å². The molecule has 0 bridgehead atoms. The lowest BCUT2D eigenvalue weighted by atomic mass is 9.96. The number of ether oxygens (including phenoxy) is 1. The molecular formula is C17H33N3O2. The second-order valence-electron chi connectivity index (χ2n) is 6.72. The molecule has 0 aromatic heterocycles. The predicted molar refractivity (Wildman–Crippen MR) is 90.1 cm³/mol. The molecule has 1 aliphatic carbocycles. The Morgan fingerprint density at radius 2 is 2.05 bits per heavy atom. The molecule has 2 fully saturated rings. The van der Waals surface area contributed by atoms with E-state index < -0.39 is 0 Å². The third kappa shape index (κ3) is 5.43. The fourth-order valence-corrected chi connectivity index (χ4v) is 3.42.